The van der Waals surface area contributed by atoms with E-state index in [4.69, 9.17) is 0 Å². The van der Waals surface area contributed by atoms with Gasteiger partial charge in [-0.1, -0.05) is 12.1 Å². The molecule has 92 valence electrons. The number of carbonyl (C=O) groups excluding carboxylic acids is 1. The highest BCUT2D eigenvalue weighted by Crippen LogP contribution is 2.14. The van der Waals surface area contributed by atoms with Crippen molar-refractivity contribution in [2.45, 2.75) is 33.4 Å². The molecule has 0 saturated carbocycles. The minimum Gasteiger partial charge on any atom is -0.336 e. The van der Waals surface area contributed by atoms with E-state index in [9.17, 15) is 14.9 Å². The van der Waals surface area contributed by atoms with Crippen molar-refractivity contribution in [3.05, 3.63) is 39.9 Å². The van der Waals surface area contributed by atoms with Gasteiger partial charge in [0.15, 0.2) is 0 Å². The zero-order valence-electron chi connectivity index (χ0n) is 10.2. The van der Waals surface area contributed by atoms with Crippen LogP contribution in [0.4, 0.5) is 5.69 Å². The van der Waals surface area contributed by atoms with Gasteiger partial charge in [0.05, 0.1) is 4.92 Å². The highest BCUT2D eigenvalue weighted by Gasteiger charge is 2.13. The van der Waals surface area contributed by atoms with Crippen LogP contribution in [-0.4, -0.2) is 21.8 Å². The summed E-state index contributed by atoms with van der Waals surface area (Å²) in [6, 6.07) is 6.37. The molecule has 0 spiro atoms. The molecule has 0 atom stereocenters. The van der Waals surface area contributed by atoms with E-state index in [-0.39, 0.29) is 17.6 Å². The summed E-state index contributed by atoms with van der Waals surface area (Å²) in [6.07, 6.45) is 0. The number of non-ortho nitro benzene ring substituents is 1. The van der Waals surface area contributed by atoms with Crippen LogP contribution in [0, 0.1) is 10.1 Å². The van der Waals surface area contributed by atoms with Gasteiger partial charge in [0.25, 0.3) is 5.69 Å². The molecule has 5 nitrogen and oxygen atoms in total. The van der Waals surface area contributed by atoms with Crippen LogP contribution in [0.3, 0.4) is 0 Å². The third kappa shape index (κ3) is 3.55. The van der Waals surface area contributed by atoms with E-state index in [1.807, 2.05) is 13.8 Å². The molecule has 0 bridgehead atoms. The number of hydrogen-bond acceptors (Lipinski definition) is 3. The first-order valence-electron chi connectivity index (χ1n) is 5.42. The zero-order chi connectivity index (χ0) is 13.0. The van der Waals surface area contributed by atoms with Crippen molar-refractivity contribution in [2.24, 2.45) is 0 Å². The number of carbonyl (C=O) groups is 1. The minimum absolute atomic E-state index is 0.00153. The van der Waals surface area contributed by atoms with E-state index in [1.54, 1.807) is 17.0 Å². The molecular formula is C12H16N2O3. The number of nitro groups is 1. The van der Waals surface area contributed by atoms with Gasteiger partial charge in [-0.2, -0.15) is 0 Å². The van der Waals surface area contributed by atoms with Crippen LogP contribution in [0.15, 0.2) is 24.3 Å². The van der Waals surface area contributed by atoms with E-state index in [0.29, 0.717) is 6.54 Å². The van der Waals surface area contributed by atoms with Gasteiger partial charge in [-0.05, 0) is 19.4 Å². The summed E-state index contributed by atoms with van der Waals surface area (Å²) in [6.45, 7) is 5.87. The van der Waals surface area contributed by atoms with E-state index >= 15 is 0 Å². The molecule has 0 radical (unpaired) electrons. The predicted octanol–water partition coefficient (Wildman–Crippen LogP) is 2.35. The predicted molar refractivity (Wildman–Crippen MR) is 64.5 cm³/mol. The average Bonchev–Trinajstić information content (AvgIpc) is 2.25. The number of nitro benzene ring substituents is 1. The normalized spacial score (nSPS) is 10.4. The van der Waals surface area contributed by atoms with Crippen LogP contribution >= 0.6 is 0 Å². The Labute approximate surface area is 100 Å². The summed E-state index contributed by atoms with van der Waals surface area (Å²) in [4.78, 5) is 23.1. The molecule has 17 heavy (non-hydrogen) atoms. The molecule has 0 aliphatic carbocycles. The fourth-order valence-corrected chi connectivity index (χ4v) is 1.58. The molecule has 1 amide bonds. The summed E-state index contributed by atoms with van der Waals surface area (Å²) < 4.78 is 0. The first-order chi connectivity index (χ1) is 7.91. The molecule has 0 aliphatic heterocycles. The van der Waals surface area contributed by atoms with Crippen LogP contribution in [0.5, 0.6) is 0 Å². The summed E-state index contributed by atoms with van der Waals surface area (Å²) >= 11 is 0. The number of rotatable bonds is 4. The first kappa shape index (κ1) is 13.2. The van der Waals surface area contributed by atoms with E-state index < -0.39 is 4.92 Å². The van der Waals surface area contributed by atoms with Crippen molar-refractivity contribution in [2.75, 3.05) is 0 Å². The maximum absolute atomic E-state index is 11.4. The molecule has 5 heteroatoms. The molecule has 0 N–H and O–H groups in total. The second kappa shape index (κ2) is 5.43. The summed E-state index contributed by atoms with van der Waals surface area (Å²) in [5.41, 5.74) is 0.951. The highest BCUT2D eigenvalue weighted by molar-refractivity contribution is 5.73. The summed E-state index contributed by atoms with van der Waals surface area (Å²) in [5.74, 6) is -0.00153. The zero-order valence-corrected chi connectivity index (χ0v) is 10.2. The number of hydrogen-bond donors (Lipinski definition) is 0. The SMILES string of the molecule is CC(=O)N(Cc1ccc([N+](=O)[O-])cc1)C(C)C. The quantitative estimate of drug-likeness (QED) is 0.595. The fourth-order valence-electron chi connectivity index (χ4n) is 1.58. The van der Waals surface area contributed by atoms with Crippen LogP contribution in [0.2, 0.25) is 0 Å². The lowest BCUT2D eigenvalue weighted by atomic mass is 10.1. The Bertz CT molecular complexity index is 412. The standard InChI is InChI=1S/C12H16N2O3/c1-9(2)13(10(3)15)8-11-4-6-12(7-5-11)14(16)17/h4-7,9H,8H2,1-3H3. The number of benzene rings is 1. The monoisotopic (exact) mass is 236 g/mol. The highest BCUT2D eigenvalue weighted by atomic mass is 16.6. The Kier molecular flexibility index (Phi) is 4.20. The summed E-state index contributed by atoms with van der Waals surface area (Å²) in [5, 5.41) is 10.5. The molecule has 0 saturated heterocycles. The Morgan fingerprint density at radius 1 is 1.35 bits per heavy atom. The second-order valence-corrected chi connectivity index (χ2v) is 4.16. The Morgan fingerprint density at radius 3 is 2.24 bits per heavy atom. The lowest BCUT2D eigenvalue weighted by molar-refractivity contribution is -0.384. The van der Waals surface area contributed by atoms with E-state index in [0.717, 1.165) is 5.56 Å². The molecule has 0 fully saturated rings. The molecular weight excluding hydrogens is 220 g/mol. The van der Waals surface area contributed by atoms with Gasteiger partial charge < -0.3 is 4.90 Å². The van der Waals surface area contributed by atoms with Crippen LogP contribution in [-0.2, 0) is 11.3 Å². The molecule has 0 aliphatic rings. The van der Waals surface area contributed by atoms with Gasteiger partial charge >= 0.3 is 0 Å². The first-order valence-corrected chi connectivity index (χ1v) is 5.42. The Hall–Kier alpha value is -1.91. The van der Waals surface area contributed by atoms with Crippen molar-refractivity contribution < 1.29 is 9.72 Å². The molecule has 1 aromatic rings. The van der Waals surface area contributed by atoms with E-state index in [1.165, 1.54) is 19.1 Å². The van der Waals surface area contributed by atoms with Gasteiger partial charge in [0, 0.05) is 31.6 Å². The van der Waals surface area contributed by atoms with Gasteiger partial charge in [0.1, 0.15) is 0 Å². The molecule has 0 heterocycles. The van der Waals surface area contributed by atoms with Crippen molar-refractivity contribution in [3.8, 4) is 0 Å². The number of nitrogens with zero attached hydrogens (tertiary/aromatic N) is 2. The topological polar surface area (TPSA) is 63.5 Å². The maximum Gasteiger partial charge on any atom is 0.269 e. The smallest absolute Gasteiger partial charge is 0.269 e. The van der Waals surface area contributed by atoms with Crippen molar-refractivity contribution >= 4 is 11.6 Å². The van der Waals surface area contributed by atoms with Gasteiger partial charge in [0.2, 0.25) is 5.91 Å². The fraction of sp³-hybridized carbons (Fsp3) is 0.417. The largest absolute Gasteiger partial charge is 0.336 e. The molecule has 0 unspecified atom stereocenters. The third-order valence-electron chi connectivity index (χ3n) is 2.53. The molecule has 1 rings (SSSR count). The average molecular weight is 236 g/mol. The minimum atomic E-state index is -0.436. The van der Waals surface area contributed by atoms with Crippen molar-refractivity contribution in [3.63, 3.8) is 0 Å². The van der Waals surface area contributed by atoms with Gasteiger partial charge in [-0.15, -0.1) is 0 Å². The van der Waals surface area contributed by atoms with Crippen molar-refractivity contribution in [1.82, 2.24) is 4.90 Å². The van der Waals surface area contributed by atoms with Gasteiger partial charge in [-0.25, -0.2) is 0 Å². The van der Waals surface area contributed by atoms with Crippen LogP contribution in [0.1, 0.15) is 26.3 Å². The van der Waals surface area contributed by atoms with Gasteiger partial charge in [-0.3, -0.25) is 14.9 Å². The van der Waals surface area contributed by atoms with Crippen LogP contribution in [0.25, 0.3) is 0 Å². The maximum atomic E-state index is 11.4. The Morgan fingerprint density at radius 2 is 1.88 bits per heavy atom. The van der Waals surface area contributed by atoms with Crippen LogP contribution < -0.4 is 0 Å². The lowest BCUT2D eigenvalue weighted by Crippen LogP contribution is -2.34. The summed E-state index contributed by atoms with van der Waals surface area (Å²) in [7, 11) is 0. The van der Waals surface area contributed by atoms with E-state index in [2.05, 4.69) is 0 Å². The third-order valence-corrected chi connectivity index (χ3v) is 2.53. The molecule has 1 aromatic carbocycles. The second-order valence-electron chi connectivity index (χ2n) is 4.16. The number of amides is 1. The molecule has 0 aromatic heterocycles. The Balaban J connectivity index is 2.80. The van der Waals surface area contributed by atoms with Crippen molar-refractivity contribution in [1.29, 1.82) is 0 Å². The lowest BCUT2D eigenvalue weighted by Gasteiger charge is -2.25.